The van der Waals surface area contributed by atoms with Crippen molar-refractivity contribution in [1.29, 1.82) is 0 Å². The predicted octanol–water partition coefficient (Wildman–Crippen LogP) is 13.9. The van der Waals surface area contributed by atoms with Crippen LogP contribution in [0, 0.1) is 0 Å². The van der Waals surface area contributed by atoms with Gasteiger partial charge in [0, 0.05) is 6.42 Å². The predicted molar refractivity (Wildman–Crippen MR) is 216 cm³/mol. The van der Waals surface area contributed by atoms with E-state index in [9.17, 15) is 15.0 Å². The zero-order valence-electron chi connectivity index (χ0n) is 33.5. The fourth-order valence-electron chi connectivity index (χ4n) is 7.06. The Hall–Kier alpha value is -0.870. The van der Waals surface area contributed by atoms with E-state index in [1.165, 1.54) is 205 Å². The van der Waals surface area contributed by atoms with E-state index >= 15 is 0 Å². The van der Waals surface area contributed by atoms with E-state index in [0.29, 0.717) is 6.42 Å². The Morgan fingerprint density at radius 2 is 0.755 bits per heavy atom. The Bertz CT molecular complexity index is 666. The molecule has 0 saturated heterocycles. The van der Waals surface area contributed by atoms with Crippen LogP contribution in [0.1, 0.15) is 251 Å². The fraction of sp³-hybridized carbons (Fsp3) is 0.933. The van der Waals surface area contributed by atoms with Gasteiger partial charge in [-0.3, -0.25) is 4.79 Å². The molecule has 0 aromatic heterocycles. The van der Waals surface area contributed by atoms with E-state index in [2.05, 4.69) is 19.2 Å². The van der Waals surface area contributed by atoms with Gasteiger partial charge in [0.25, 0.3) is 0 Å². The van der Waals surface area contributed by atoms with Crippen LogP contribution in [0.25, 0.3) is 0 Å². The molecule has 0 bridgehead atoms. The van der Waals surface area contributed by atoms with Crippen LogP contribution in [0.3, 0.4) is 0 Å². The molecule has 0 rings (SSSR count). The number of hydrogen-bond donors (Lipinski definition) is 3. The molecule has 4 nitrogen and oxygen atoms in total. The second-order valence-corrected chi connectivity index (χ2v) is 15.5. The molecule has 2 unspecified atom stereocenters. The summed E-state index contributed by atoms with van der Waals surface area (Å²) in [5, 5.41) is 22.8. The fourth-order valence-corrected chi connectivity index (χ4v) is 7.06. The molecule has 0 saturated carbocycles. The Morgan fingerprint density at radius 1 is 0.469 bits per heavy atom. The highest BCUT2D eigenvalue weighted by molar-refractivity contribution is 5.76. The Morgan fingerprint density at radius 3 is 1.06 bits per heavy atom. The van der Waals surface area contributed by atoms with Gasteiger partial charge in [-0.05, 0) is 19.3 Å². The van der Waals surface area contributed by atoms with Gasteiger partial charge in [0.05, 0.1) is 18.8 Å². The maximum Gasteiger partial charge on any atom is 0.220 e. The topological polar surface area (TPSA) is 69.6 Å². The summed E-state index contributed by atoms with van der Waals surface area (Å²) in [6.07, 6.45) is 52.1. The van der Waals surface area contributed by atoms with Crippen molar-refractivity contribution in [2.75, 3.05) is 6.61 Å². The zero-order chi connectivity index (χ0) is 35.7. The van der Waals surface area contributed by atoms with Crippen molar-refractivity contribution in [1.82, 2.24) is 5.32 Å². The van der Waals surface area contributed by atoms with Gasteiger partial charge in [-0.25, -0.2) is 0 Å². The summed E-state index contributed by atoms with van der Waals surface area (Å²) in [5.41, 5.74) is 0. The summed E-state index contributed by atoms with van der Waals surface area (Å²) in [6, 6.07) is -0.614. The zero-order valence-corrected chi connectivity index (χ0v) is 33.5. The van der Waals surface area contributed by atoms with Gasteiger partial charge < -0.3 is 15.5 Å². The number of nitrogens with one attached hydrogen (secondary N) is 1. The van der Waals surface area contributed by atoms with Gasteiger partial charge in [-0.15, -0.1) is 0 Å². The van der Waals surface area contributed by atoms with Crippen LogP contribution in [-0.4, -0.2) is 34.9 Å². The first-order valence-corrected chi connectivity index (χ1v) is 22.4. The number of carbonyl (C=O) groups excluding carboxylic acids is 1. The summed E-state index contributed by atoms with van der Waals surface area (Å²) in [7, 11) is 0. The normalized spacial score (nSPS) is 13.0. The lowest BCUT2D eigenvalue weighted by molar-refractivity contribution is -0.123. The van der Waals surface area contributed by atoms with E-state index in [1.807, 2.05) is 6.08 Å². The highest BCUT2D eigenvalue weighted by Gasteiger charge is 2.17. The standard InChI is InChI=1S/C45H89NO3/c1-3-5-7-9-11-13-14-15-16-17-18-19-20-21-22-23-24-25-26-27-28-29-30-31-32-33-35-37-39-41-45(49)46-43(42-47)44(48)40-38-36-34-12-10-8-6-4-2/h38,40,43-44,47-48H,3-37,39,41-42H2,1-2H3,(H,46,49)/b40-38+. The van der Waals surface area contributed by atoms with Crippen molar-refractivity contribution < 1.29 is 15.0 Å². The molecule has 0 aromatic carbocycles. The Labute approximate surface area is 307 Å². The van der Waals surface area contributed by atoms with Crippen LogP contribution >= 0.6 is 0 Å². The first-order chi connectivity index (χ1) is 24.2. The van der Waals surface area contributed by atoms with Gasteiger partial charge >= 0.3 is 0 Å². The van der Waals surface area contributed by atoms with E-state index < -0.39 is 12.1 Å². The Balaban J connectivity index is 3.36. The van der Waals surface area contributed by atoms with Crippen molar-refractivity contribution in [2.45, 2.75) is 264 Å². The van der Waals surface area contributed by atoms with Gasteiger partial charge in [0.1, 0.15) is 0 Å². The summed E-state index contributed by atoms with van der Waals surface area (Å²) in [5.74, 6) is -0.0625. The number of aliphatic hydroxyl groups excluding tert-OH is 2. The molecular weight excluding hydrogens is 602 g/mol. The molecule has 292 valence electrons. The molecule has 3 N–H and O–H groups in total. The molecule has 2 atom stereocenters. The molecule has 4 heteroatoms. The summed E-state index contributed by atoms with van der Waals surface area (Å²) in [4.78, 5) is 12.3. The lowest BCUT2D eigenvalue weighted by Crippen LogP contribution is -2.45. The molecule has 0 aromatic rings. The minimum absolute atomic E-state index is 0.0625. The lowest BCUT2D eigenvalue weighted by atomic mass is 10.0. The van der Waals surface area contributed by atoms with Crippen molar-refractivity contribution in [3.05, 3.63) is 12.2 Å². The third kappa shape index (κ3) is 38.2. The Kier molecular flexibility index (Phi) is 40.8. The third-order valence-electron chi connectivity index (χ3n) is 10.5. The number of hydrogen-bond acceptors (Lipinski definition) is 3. The third-order valence-corrected chi connectivity index (χ3v) is 10.5. The number of aliphatic hydroxyl groups is 2. The molecule has 0 aliphatic heterocycles. The summed E-state index contributed by atoms with van der Waals surface area (Å²) >= 11 is 0. The molecule has 0 heterocycles. The van der Waals surface area contributed by atoms with Crippen LogP contribution in [0.4, 0.5) is 0 Å². The maximum atomic E-state index is 12.3. The van der Waals surface area contributed by atoms with E-state index in [1.54, 1.807) is 6.08 Å². The van der Waals surface area contributed by atoms with Gasteiger partial charge in [-0.1, -0.05) is 238 Å². The average Bonchev–Trinajstić information content (AvgIpc) is 3.10. The molecule has 49 heavy (non-hydrogen) atoms. The largest absolute Gasteiger partial charge is 0.394 e. The molecule has 0 aliphatic rings. The minimum atomic E-state index is -0.831. The quantitative estimate of drug-likeness (QED) is 0.0441. The smallest absolute Gasteiger partial charge is 0.220 e. The van der Waals surface area contributed by atoms with E-state index in [4.69, 9.17) is 0 Å². The number of unbranched alkanes of at least 4 members (excludes halogenated alkanes) is 34. The first kappa shape index (κ1) is 48.1. The maximum absolute atomic E-state index is 12.3. The second-order valence-electron chi connectivity index (χ2n) is 15.5. The highest BCUT2D eigenvalue weighted by Crippen LogP contribution is 2.17. The molecule has 0 spiro atoms. The highest BCUT2D eigenvalue weighted by atomic mass is 16.3. The number of carbonyl (C=O) groups is 1. The van der Waals surface area contributed by atoms with Gasteiger partial charge in [0.15, 0.2) is 0 Å². The van der Waals surface area contributed by atoms with Crippen molar-refractivity contribution in [3.8, 4) is 0 Å². The van der Waals surface area contributed by atoms with Crippen molar-refractivity contribution in [2.24, 2.45) is 0 Å². The summed E-state index contributed by atoms with van der Waals surface area (Å²) < 4.78 is 0. The molecule has 1 amide bonds. The van der Waals surface area contributed by atoms with Gasteiger partial charge in [-0.2, -0.15) is 0 Å². The van der Waals surface area contributed by atoms with Crippen molar-refractivity contribution >= 4 is 5.91 Å². The van der Waals surface area contributed by atoms with Crippen LogP contribution < -0.4 is 5.32 Å². The van der Waals surface area contributed by atoms with Gasteiger partial charge in [0.2, 0.25) is 5.91 Å². The number of allylic oxidation sites excluding steroid dienone is 1. The first-order valence-electron chi connectivity index (χ1n) is 22.4. The van der Waals surface area contributed by atoms with Crippen LogP contribution in [0.2, 0.25) is 0 Å². The number of amides is 1. The van der Waals surface area contributed by atoms with Crippen LogP contribution in [-0.2, 0) is 4.79 Å². The minimum Gasteiger partial charge on any atom is -0.394 e. The lowest BCUT2D eigenvalue weighted by Gasteiger charge is -2.20. The SMILES string of the molecule is CCCCCCCC/C=C/C(O)C(CO)NC(=O)CCCCCCCCCCCCCCCCCCCCCCCCCCCCCCC. The van der Waals surface area contributed by atoms with E-state index in [0.717, 1.165) is 25.7 Å². The number of rotatable bonds is 41. The average molecular weight is 692 g/mol. The van der Waals surface area contributed by atoms with Crippen LogP contribution in [0.15, 0.2) is 12.2 Å². The van der Waals surface area contributed by atoms with Crippen LogP contribution in [0.5, 0.6) is 0 Å². The summed E-state index contributed by atoms with van der Waals surface area (Å²) in [6.45, 7) is 4.29. The molecule has 0 radical (unpaired) electrons. The molecule has 0 aliphatic carbocycles. The van der Waals surface area contributed by atoms with E-state index in [-0.39, 0.29) is 12.5 Å². The molecular formula is C45H89NO3. The second kappa shape index (κ2) is 41.5. The molecule has 0 fully saturated rings. The monoisotopic (exact) mass is 692 g/mol. The van der Waals surface area contributed by atoms with Crippen molar-refractivity contribution in [3.63, 3.8) is 0 Å².